The van der Waals surface area contributed by atoms with E-state index in [2.05, 4.69) is 11.5 Å². The van der Waals surface area contributed by atoms with Crippen molar-refractivity contribution < 1.29 is 0 Å². The molecule has 0 bridgehead atoms. The summed E-state index contributed by atoms with van der Waals surface area (Å²) in [7, 11) is 4.02. The van der Waals surface area contributed by atoms with E-state index in [1.807, 2.05) is 18.7 Å². The van der Waals surface area contributed by atoms with Gasteiger partial charge in [0.05, 0.1) is 0 Å². The molecule has 1 heterocycles. The predicted molar refractivity (Wildman–Crippen MR) is 55.2 cm³/mol. The van der Waals surface area contributed by atoms with Gasteiger partial charge in [-0.3, -0.25) is 0 Å². The molecular weight excluding hydrogens is 184 g/mol. The standard InChI is InChI=1S/C10H15ClN2/c1-12-9-5-3-4-7-8(9)6-13(2)10(7)11/h6,9,12H,3-5H2,1-2H3. The molecule has 0 aromatic carbocycles. The first kappa shape index (κ1) is 9.10. The van der Waals surface area contributed by atoms with Crippen molar-refractivity contribution in [2.75, 3.05) is 7.05 Å². The second-order valence-electron chi connectivity index (χ2n) is 3.70. The van der Waals surface area contributed by atoms with Gasteiger partial charge in [-0.05, 0) is 37.4 Å². The highest BCUT2D eigenvalue weighted by atomic mass is 35.5. The summed E-state index contributed by atoms with van der Waals surface area (Å²) in [5, 5.41) is 4.24. The molecular formula is C10H15ClN2. The molecule has 0 radical (unpaired) electrons. The average molecular weight is 199 g/mol. The Morgan fingerprint density at radius 1 is 1.62 bits per heavy atom. The Morgan fingerprint density at radius 2 is 2.38 bits per heavy atom. The smallest absolute Gasteiger partial charge is 0.112 e. The third-order valence-electron chi connectivity index (χ3n) is 2.88. The van der Waals surface area contributed by atoms with Crippen LogP contribution in [0.2, 0.25) is 5.15 Å². The van der Waals surface area contributed by atoms with Gasteiger partial charge in [-0.15, -0.1) is 0 Å². The fraction of sp³-hybridized carbons (Fsp3) is 0.600. The minimum atomic E-state index is 0.502. The van der Waals surface area contributed by atoms with Crippen LogP contribution in [0.4, 0.5) is 0 Å². The van der Waals surface area contributed by atoms with Gasteiger partial charge in [0.2, 0.25) is 0 Å². The maximum atomic E-state index is 6.18. The number of aryl methyl sites for hydroxylation is 1. The molecule has 0 amide bonds. The number of hydrogen-bond acceptors (Lipinski definition) is 1. The number of aromatic nitrogens is 1. The Balaban J connectivity index is 2.45. The highest BCUT2D eigenvalue weighted by Crippen LogP contribution is 2.34. The van der Waals surface area contributed by atoms with Crippen molar-refractivity contribution in [2.45, 2.75) is 25.3 Å². The van der Waals surface area contributed by atoms with Crippen LogP contribution in [0.3, 0.4) is 0 Å². The molecule has 1 unspecified atom stereocenters. The van der Waals surface area contributed by atoms with Crippen molar-refractivity contribution >= 4 is 11.6 Å². The van der Waals surface area contributed by atoms with Crippen molar-refractivity contribution in [3.05, 3.63) is 22.5 Å². The zero-order chi connectivity index (χ0) is 9.42. The Hall–Kier alpha value is -0.470. The van der Waals surface area contributed by atoms with Gasteiger partial charge in [-0.2, -0.15) is 0 Å². The second-order valence-corrected chi connectivity index (χ2v) is 4.06. The second kappa shape index (κ2) is 3.35. The third kappa shape index (κ3) is 1.38. The molecule has 1 aliphatic carbocycles. The molecule has 1 N–H and O–H groups in total. The van der Waals surface area contributed by atoms with Crippen molar-refractivity contribution in [1.82, 2.24) is 9.88 Å². The Kier molecular flexibility index (Phi) is 2.35. The molecule has 1 atom stereocenters. The van der Waals surface area contributed by atoms with Crippen LogP contribution in [0.5, 0.6) is 0 Å². The van der Waals surface area contributed by atoms with Crippen LogP contribution in [-0.4, -0.2) is 11.6 Å². The first-order chi connectivity index (χ1) is 6.24. The molecule has 3 heteroatoms. The van der Waals surface area contributed by atoms with E-state index in [-0.39, 0.29) is 0 Å². The zero-order valence-electron chi connectivity index (χ0n) is 8.10. The van der Waals surface area contributed by atoms with Crippen molar-refractivity contribution in [3.63, 3.8) is 0 Å². The van der Waals surface area contributed by atoms with Gasteiger partial charge in [0, 0.05) is 19.3 Å². The van der Waals surface area contributed by atoms with E-state index >= 15 is 0 Å². The fourth-order valence-electron chi connectivity index (χ4n) is 2.16. The van der Waals surface area contributed by atoms with E-state index in [1.54, 1.807) is 0 Å². The summed E-state index contributed by atoms with van der Waals surface area (Å²) in [6.45, 7) is 0. The summed E-state index contributed by atoms with van der Waals surface area (Å²) in [6.07, 6.45) is 5.75. The van der Waals surface area contributed by atoms with E-state index in [4.69, 9.17) is 11.6 Å². The first-order valence-electron chi connectivity index (χ1n) is 4.75. The minimum absolute atomic E-state index is 0.502. The summed E-state index contributed by atoms with van der Waals surface area (Å²) >= 11 is 6.18. The monoisotopic (exact) mass is 198 g/mol. The van der Waals surface area contributed by atoms with Crippen LogP contribution in [0, 0.1) is 0 Å². The lowest BCUT2D eigenvalue weighted by Gasteiger charge is -2.21. The molecule has 0 fully saturated rings. The maximum absolute atomic E-state index is 6.18. The van der Waals surface area contributed by atoms with Crippen LogP contribution in [-0.2, 0) is 13.5 Å². The van der Waals surface area contributed by atoms with Crippen molar-refractivity contribution in [2.24, 2.45) is 7.05 Å². The van der Waals surface area contributed by atoms with Gasteiger partial charge in [0.1, 0.15) is 5.15 Å². The van der Waals surface area contributed by atoms with Gasteiger partial charge in [0.15, 0.2) is 0 Å². The van der Waals surface area contributed by atoms with Crippen LogP contribution >= 0.6 is 11.6 Å². The topological polar surface area (TPSA) is 17.0 Å². The van der Waals surface area contributed by atoms with Crippen LogP contribution < -0.4 is 5.32 Å². The molecule has 13 heavy (non-hydrogen) atoms. The van der Waals surface area contributed by atoms with E-state index in [9.17, 15) is 0 Å². The molecule has 0 spiro atoms. The molecule has 2 rings (SSSR count). The quantitative estimate of drug-likeness (QED) is 0.733. The summed E-state index contributed by atoms with van der Waals surface area (Å²) in [4.78, 5) is 0. The maximum Gasteiger partial charge on any atom is 0.112 e. The minimum Gasteiger partial charge on any atom is -0.341 e. The summed E-state index contributed by atoms with van der Waals surface area (Å²) < 4.78 is 2.02. The normalized spacial score (nSPS) is 21.6. The van der Waals surface area contributed by atoms with E-state index in [1.165, 1.54) is 24.0 Å². The lowest BCUT2D eigenvalue weighted by atomic mass is 9.91. The largest absolute Gasteiger partial charge is 0.341 e. The summed E-state index contributed by atoms with van der Waals surface area (Å²) in [6, 6.07) is 0.502. The predicted octanol–water partition coefficient (Wildman–Crippen LogP) is 2.28. The molecule has 1 aliphatic rings. The van der Waals surface area contributed by atoms with Gasteiger partial charge in [-0.1, -0.05) is 11.6 Å². The number of fused-ring (bicyclic) bond motifs is 1. The highest BCUT2D eigenvalue weighted by Gasteiger charge is 2.23. The van der Waals surface area contributed by atoms with Crippen LogP contribution in [0.25, 0.3) is 0 Å². The number of rotatable bonds is 1. The Bertz CT molecular complexity index is 317. The van der Waals surface area contributed by atoms with Crippen molar-refractivity contribution in [3.8, 4) is 0 Å². The van der Waals surface area contributed by atoms with Gasteiger partial charge >= 0.3 is 0 Å². The number of hydrogen-bond donors (Lipinski definition) is 1. The Labute approximate surface area is 83.9 Å². The van der Waals surface area contributed by atoms with Gasteiger partial charge in [0.25, 0.3) is 0 Å². The lowest BCUT2D eigenvalue weighted by Crippen LogP contribution is -2.20. The zero-order valence-corrected chi connectivity index (χ0v) is 8.86. The number of nitrogens with zero attached hydrogens (tertiary/aromatic N) is 1. The number of halogens is 1. The average Bonchev–Trinajstić information content (AvgIpc) is 2.43. The Morgan fingerprint density at radius 3 is 3.08 bits per heavy atom. The first-order valence-corrected chi connectivity index (χ1v) is 5.12. The summed E-state index contributed by atoms with van der Waals surface area (Å²) in [5.41, 5.74) is 2.73. The molecule has 2 nitrogen and oxygen atoms in total. The van der Waals surface area contributed by atoms with Crippen molar-refractivity contribution in [1.29, 1.82) is 0 Å². The van der Waals surface area contributed by atoms with E-state index < -0.39 is 0 Å². The fourth-order valence-corrected chi connectivity index (χ4v) is 2.41. The molecule has 1 aromatic rings. The molecule has 0 saturated heterocycles. The third-order valence-corrected chi connectivity index (χ3v) is 3.38. The number of nitrogens with one attached hydrogen (secondary N) is 1. The lowest BCUT2D eigenvalue weighted by molar-refractivity contribution is 0.499. The summed E-state index contributed by atoms with van der Waals surface area (Å²) in [5.74, 6) is 0. The molecule has 0 saturated carbocycles. The van der Waals surface area contributed by atoms with E-state index in [0.717, 1.165) is 11.6 Å². The molecule has 1 aromatic heterocycles. The highest BCUT2D eigenvalue weighted by molar-refractivity contribution is 6.30. The van der Waals surface area contributed by atoms with E-state index in [0.29, 0.717) is 6.04 Å². The van der Waals surface area contributed by atoms with Crippen LogP contribution in [0.1, 0.15) is 30.0 Å². The van der Waals surface area contributed by atoms with Crippen LogP contribution in [0.15, 0.2) is 6.20 Å². The molecule has 0 aliphatic heterocycles. The molecule has 72 valence electrons. The van der Waals surface area contributed by atoms with Gasteiger partial charge < -0.3 is 9.88 Å². The van der Waals surface area contributed by atoms with Gasteiger partial charge in [-0.25, -0.2) is 0 Å². The SMILES string of the molecule is CNC1CCCc2c1cn(C)c2Cl.